The van der Waals surface area contributed by atoms with E-state index >= 15 is 0 Å². The maximum atomic E-state index is 11.7. The summed E-state index contributed by atoms with van der Waals surface area (Å²) in [7, 11) is 1.57. The van der Waals surface area contributed by atoms with Gasteiger partial charge in [-0.2, -0.15) is 0 Å². The number of rotatable bonds is 3. The molecule has 0 bridgehead atoms. The van der Waals surface area contributed by atoms with Gasteiger partial charge in [-0.15, -0.1) is 0 Å². The van der Waals surface area contributed by atoms with Gasteiger partial charge >= 0.3 is 6.03 Å². The first-order valence-corrected chi connectivity index (χ1v) is 5.89. The van der Waals surface area contributed by atoms with E-state index in [2.05, 4.69) is 15.6 Å². The Kier molecular flexibility index (Phi) is 4.20. The maximum Gasteiger partial charge on any atom is 0.324 e. The molecule has 2 N–H and O–H groups in total. The highest BCUT2D eigenvalue weighted by Crippen LogP contribution is 2.17. The molecule has 0 aliphatic heterocycles. The molecule has 2 aromatic rings. The molecule has 2 rings (SSSR count). The van der Waals surface area contributed by atoms with Gasteiger partial charge in [0.15, 0.2) is 0 Å². The lowest BCUT2D eigenvalue weighted by Gasteiger charge is -2.08. The molecule has 1 aromatic carbocycles. The molecule has 98 valence electrons. The van der Waals surface area contributed by atoms with E-state index in [-0.39, 0.29) is 6.03 Å². The first kappa shape index (κ1) is 13.2. The molecule has 1 heterocycles. The Morgan fingerprint density at radius 1 is 1.26 bits per heavy atom. The van der Waals surface area contributed by atoms with Crippen molar-refractivity contribution in [3.63, 3.8) is 0 Å². The van der Waals surface area contributed by atoms with Crippen molar-refractivity contribution in [1.29, 1.82) is 0 Å². The van der Waals surface area contributed by atoms with Crippen LogP contribution in [0.1, 0.15) is 0 Å². The van der Waals surface area contributed by atoms with E-state index in [0.29, 0.717) is 22.3 Å². The van der Waals surface area contributed by atoms with Gasteiger partial charge < -0.3 is 10.1 Å². The number of carbonyl (C=O) groups excluding carboxylic acids is 1. The number of hydrogen-bond acceptors (Lipinski definition) is 3. The Balaban J connectivity index is 1.99. The van der Waals surface area contributed by atoms with Crippen LogP contribution in [0.3, 0.4) is 0 Å². The quantitative estimate of drug-likeness (QED) is 0.904. The standard InChI is InChI=1S/C13H12ClN3O2/c1-19-11-4-2-3-10(7-11)16-13(18)17-12-6-5-9(14)8-15-12/h2-8H,1H3,(H2,15,16,17,18). The van der Waals surface area contributed by atoms with Gasteiger partial charge in [0.2, 0.25) is 0 Å². The molecule has 1 aromatic heterocycles. The van der Waals surface area contributed by atoms with Crippen molar-refractivity contribution >= 4 is 29.1 Å². The number of carbonyl (C=O) groups is 1. The van der Waals surface area contributed by atoms with Crippen molar-refractivity contribution < 1.29 is 9.53 Å². The largest absolute Gasteiger partial charge is 0.497 e. The zero-order valence-electron chi connectivity index (χ0n) is 10.2. The van der Waals surface area contributed by atoms with Crippen LogP contribution in [0.15, 0.2) is 42.6 Å². The fourth-order valence-electron chi connectivity index (χ4n) is 1.43. The van der Waals surface area contributed by atoms with Crippen LogP contribution in [0.5, 0.6) is 5.75 Å². The van der Waals surface area contributed by atoms with Crippen molar-refractivity contribution in [2.75, 3.05) is 17.7 Å². The summed E-state index contributed by atoms with van der Waals surface area (Å²) in [4.78, 5) is 15.7. The van der Waals surface area contributed by atoms with Crippen LogP contribution in [0.4, 0.5) is 16.3 Å². The van der Waals surface area contributed by atoms with Crippen LogP contribution in [-0.4, -0.2) is 18.1 Å². The minimum atomic E-state index is -0.386. The van der Waals surface area contributed by atoms with Crippen LogP contribution < -0.4 is 15.4 Å². The highest BCUT2D eigenvalue weighted by Gasteiger charge is 2.04. The second kappa shape index (κ2) is 6.06. The molecule has 0 aliphatic carbocycles. The SMILES string of the molecule is COc1cccc(NC(=O)Nc2ccc(Cl)cn2)c1. The molecule has 0 fully saturated rings. The van der Waals surface area contributed by atoms with Gasteiger partial charge in [-0.3, -0.25) is 5.32 Å². The van der Waals surface area contributed by atoms with Crippen molar-refractivity contribution in [1.82, 2.24) is 4.98 Å². The third-order valence-electron chi connectivity index (χ3n) is 2.30. The molecule has 0 radical (unpaired) electrons. The molecule has 2 amide bonds. The van der Waals surface area contributed by atoms with E-state index in [1.54, 1.807) is 43.5 Å². The second-order valence-electron chi connectivity index (χ2n) is 3.67. The zero-order chi connectivity index (χ0) is 13.7. The number of nitrogens with zero attached hydrogens (tertiary/aromatic N) is 1. The highest BCUT2D eigenvalue weighted by molar-refractivity contribution is 6.30. The molecule has 0 saturated carbocycles. The number of nitrogens with one attached hydrogen (secondary N) is 2. The predicted octanol–water partition coefficient (Wildman–Crippen LogP) is 3.39. The Labute approximate surface area is 115 Å². The number of ether oxygens (including phenoxy) is 1. The van der Waals surface area contributed by atoms with E-state index in [1.165, 1.54) is 6.20 Å². The van der Waals surface area contributed by atoms with E-state index in [9.17, 15) is 4.79 Å². The Bertz CT molecular complexity index is 572. The Morgan fingerprint density at radius 3 is 2.79 bits per heavy atom. The van der Waals surface area contributed by atoms with E-state index < -0.39 is 0 Å². The second-order valence-corrected chi connectivity index (χ2v) is 4.11. The van der Waals surface area contributed by atoms with Crippen LogP contribution in [0.25, 0.3) is 0 Å². The van der Waals surface area contributed by atoms with Gasteiger partial charge in [-0.1, -0.05) is 17.7 Å². The Hall–Kier alpha value is -2.27. The summed E-state index contributed by atoms with van der Waals surface area (Å²) < 4.78 is 5.07. The third kappa shape index (κ3) is 3.86. The summed E-state index contributed by atoms with van der Waals surface area (Å²) in [6.07, 6.45) is 1.46. The number of anilines is 2. The summed E-state index contributed by atoms with van der Waals surface area (Å²) in [5.41, 5.74) is 0.630. The number of methoxy groups -OCH3 is 1. The molecular weight excluding hydrogens is 266 g/mol. The predicted molar refractivity (Wildman–Crippen MR) is 74.9 cm³/mol. The highest BCUT2D eigenvalue weighted by atomic mass is 35.5. The van der Waals surface area contributed by atoms with Crippen molar-refractivity contribution in [2.24, 2.45) is 0 Å². The maximum absolute atomic E-state index is 11.7. The number of halogens is 1. The number of hydrogen-bond donors (Lipinski definition) is 2. The molecule has 0 saturated heterocycles. The summed E-state index contributed by atoms with van der Waals surface area (Å²) in [6, 6.07) is 9.94. The minimum absolute atomic E-state index is 0.386. The molecular formula is C13H12ClN3O2. The lowest BCUT2D eigenvalue weighted by atomic mass is 10.3. The minimum Gasteiger partial charge on any atom is -0.497 e. The van der Waals surface area contributed by atoms with Crippen molar-refractivity contribution in [2.45, 2.75) is 0 Å². The molecule has 0 aliphatic rings. The zero-order valence-corrected chi connectivity index (χ0v) is 10.9. The van der Waals surface area contributed by atoms with E-state index in [4.69, 9.17) is 16.3 Å². The van der Waals surface area contributed by atoms with Gasteiger partial charge in [-0.25, -0.2) is 9.78 Å². The summed E-state index contributed by atoms with van der Waals surface area (Å²) in [6.45, 7) is 0. The number of urea groups is 1. The first-order valence-electron chi connectivity index (χ1n) is 5.51. The smallest absolute Gasteiger partial charge is 0.324 e. The van der Waals surface area contributed by atoms with Gasteiger partial charge in [0, 0.05) is 18.0 Å². The fraction of sp³-hybridized carbons (Fsp3) is 0.0769. The summed E-state index contributed by atoms with van der Waals surface area (Å²) in [5.74, 6) is 1.09. The molecule has 0 spiro atoms. The van der Waals surface area contributed by atoms with Crippen LogP contribution in [0, 0.1) is 0 Å². The van der Waals surface area contributed by atoms with Crippen molar-refractivity contribution in [3.05, 3.63) is 47.6 Å². The van der Waals surface area contributed by atoms with Gasteiger partial charge in [0.05, 0.1) is 12.1 Å². The lowest BCUT2D eigenvalue weighted by Crippen LogP contribution is -2.19. The van der Waals surface area contributed by atoms with Crippen LogP contribution >= 0.6 is 11.6 Å². The normalized spacial score (nSPS) is 9.79. The van der Waals surface area contributed by atoms with Crippen LogP contribution in [-0.2, 0) is 0 Å². The van der Waals surface area contributed by atoms with Crippen molar-refractivity contribution in [3.8, 4) is 5.75 Å². The first-order chi connectivity index (χ1) is 9.17. The average molecular weight is 278 g/mol. The molecule has 5 nitrogen and oxygen atoms in total. The number of benzene rings is 1. The number of pyridine rings is 1. The average Bonchev–Trinajstić information content (AvgIpc) is 2.41. The number of aromatic nitrogens is 1. The monoisotopic (exact) mass is 277 g/mol. The molecule has 0 atom stereocenters. The number of amides is 2. The Morgan fingerprint density at radius 2 is 2.11 bits per heavy atom. The van der Waals surface area contributed by atoms with E-state index in [0.717, 1.165) is 0 Å². The summed E-state index contributed by atoms with van der Waals surface area (Å²) >= 11 is 5.71. The van der Waals surface area contributed by atoms with E-state index in [1.807, 2.05) is 0 Å². The molecule has 6 heteroatoms. The van der Waals surface area contributed by atoms with Gasteiger partial charge in [-0.05, 0) is 24.3 Å². The summed E-state index contributed by atoms with van der Waals surface area (Å²) in [5, 5.41) is 5.78. The third-order valence-corrected chi connectivity index (χ3v) is 2.52. The van der Waals surface area contributed by atoms with Gasteiger partial charge in [0.25, 0.3) is 0 Å². The lowest BCUT2D eigenvalue weighted by molar-refractivity contribution is 0.262. The molecule has 19 heavy (non-hydrogen) atoms. The van der Waals surface area contributed by atoms with Crippen LogP contribution in [0.2, 0.25) is 5.02 Å². The molecule has 0 unspecified atom stereocenters. The fourth-order valence-corrected chi connectivity index (χ4v) is 1.54. The van der Waals surface area contributed by atoms with Gasteiger partial charge in [0.1, 0.15) is 11.6 Å². The topological polar surface area (TPSA) is 63.2 Å².